The van der Waals surface area contributed by atoms with Gasteiger partial charge in [0.25, 0.3) is 5.91 Å². The van der Waals surface area contributed by atoms with Gasteiger partial charge in [0.05, 0.1) is 6.54 Å². The van der Waals surface area contributed by atoms with E-state index in [0.717, 1.165) is 64.2 Å². The first kappa shape index (κ1) is 19.8. The fraction of sp³-hybridized carbons (Fsp3) is 0.571. The number of H-pyrrole nitrogens is 1. The van der Waals surface area contributed by atoms with Gasteiger partial charge in [-0.3, -0.25) is 9.69 Å². The number of aryl methyl sites for hydroxylation is 1. The topological polar surface area (TPSA) is 103 Å². The maximum Gasteiger partial charge on any atom is 0.349 e. The van der Waals surface area contributed by atoms with Crippen LogP contribution < -0.4 is 16.3 Å². The summed E-state index contributed by atoms with van der Waals surface area (Å²) in [5.41, 5.74) is 0.295. The number of carbonyl (C=O) groups excluding carboxylic acids is 1. The summed E-state index contributed by atoms with van der Waals surface area (Å²) in [4.78, 5) is 35.0. The third-order valence-corrected chi connectivity index (χ3v) is 5.95. The smallest absolute Gasteiger partial charge is 0.349 e. The van der Waals surface area contributed by atoms with Crippen LogP contribution in [0.5, 0.6) is 0 Å². The second-order valence-corrected chi connectivity index (χ2v) is 8.10. The molecule has 1 unspecified atom stereocenters. The molecule has 0 aliphatic carbocycles. The van der Waals surface area contributed by atoms with Gasteiger partial charge in [0, 0.05) is 44.0 Å². The molecule has 2 fully saturated rings. The van der Waals surface area contributed by atoms with E-state index in [0.29, 0.717) is 11.3 Å². The standard InChI is InChI=1S/C21H29N5O3/c1-14-11-17(15-3-2-6-22-12-15)29-21(28)19(14)20(27)25-16-4-9-26(10-5-16)13-18-23-7-8-24-18/h7-8,11,15-16,22H,2-6,9-10,12-13H2,1H3,(H,23,24)(H,25,27). The Balaban J connectivity index is 1.35. The third-order valence-electron chi connectivity index (χ3n) is 5.95. The maximum atomic E-state index is 12.8. The summed E-state index contributed by atoms with van der Waals surface area (Å²) in [5, 5.41) is 6.36. The summed E-state index contributed by atoms with van der Waals surface area (Å²) in [6.07, 6.45) is 7.34. The number of likely N-dealkylation sites (tertiary alicyclic amines) is 1. The molecule has 0 radical (unpaired) electrons. The van der Waals surface area contributed by atoms with Crippen molar-refractivity contribution in [3.8, 4) is 0 Å². The first-order chi connectivity index (χ1) is 14.1. The highest BCUT2D eigenvalue weighted by molar-refractivity contribution is 5.95. The van der Waals surface area contributed by atoms with Crippen LogP contribution >= 0.6 is 0 Å². The average Bonchev–Trinajstić information content (AvgIpc) is 3.23. The van der Waals surface area contributed by atoms with Crippen molar-refractivity contribution in [2.45, 2.75) is 51.1 Å². The Morgan fingerprint density at radius 2 is 2.17 bits per heavy atom. The van der Waals surface area contributed by atoms with Gasteiger partial charge in [0.1, 0.15) is 17.1 Å². The van der Waals surface area contributed by atoms with Crippen LogP contribution in [0.15, 0.2) is 27.7 Å². The molecule has 2 aromatic rings. The van der Waals surface area contributed by atoms with E-state index in [9.17, 15) is 9.59 Å². The number of nitrogens with one attached hydrogen (secondary N) is 3. The number of piperidine rings is 2. The lowest BCUT2D eigenvalue weighted by molar-refractivity contribution is 0.0902. The molecule has 156 valence electrons. The number of carbonyl (C=O) groups is 1. The number of amides is 1. The SMILES string of the molecule is Cc1cc(C2CCCNC2)oc(=O)c1C(=O)NC1CCN(Cc2ncc[nH]2)CC1. The Morgan fingerprint density at radius 1 is 1.34 bits per heavy atom. The van der Waals surface area contributed by atoms with Gasteiger partial charge < -0.3 is 20.0 Å². The lowest BCUT2D eigenvalue weighted by atomic mass is 9.95. The number of rotatable bonds is 5. The van der Waals surface area contributed by atoms with Crippen LogP contribution in [0.2, 0.25) is 0 Å². The van der Waals surface area contributed by atoms with Gasteiger partial charge in [-0.25, -0.2) is 9.78 Å². The molecule has 1 atom stereocenters. The van der Waals surface area contributed by atoms with Gasteiger partial charge in [-0.15, -0.1) is 0 Å². The summed E-state index contributed by atoms with van der Waals surface area (Å²) >= 11 is 0. The monoisotopic (exact) mass is 399 g/mol. The van der Waals surface area contributed by atoms with Crippen molar-refractivity contribution in [3.05, 3.63) is 51.6 Å². The summed E-state index contributed by atoms with van der Waals surface area (Å²) in [6.45, 7) is 6.18. The second-order valence-electron chi connectivity index (χ2n) is 8.10. The van der Waals surface area contributed by atoms with Gasteiger partial charge in [-0.1, -0.05) is 0 Å². The lowest BCUT2D eigenvalue weighted by Crippen LogP contribution is -2.45. The molecule has 2 saturated heterocycles. The molecule has 3 N–H and O–H groups in total. The molecule has 4 rings (SSSR count). The summed E-state index contributed by atoms with van der Waals surface area (Å²) in [7, 11) is 0. The summed E-state index contributed by atoms with van der Waals surface area (Å²) in [5.74, 6) is 1.51. The van der Waals surface area contributed by atoms with E-state index in [2.05, 4.69) is 25.5 Å². The van der Waals surface area contributed by atoms with Crippen molar-refractivity contribution < 1.29 is 9.21 Å². The number of aromatic amines is 1. The zero-order valence-corrected chi connectivity index (χ0v) is 16.9. The molecule has 8 heteroatoms. The maximum absolute atomic E-state index is 12.8. The van der Waals surface area contributed by atoms with Crippen molar-refractivity contribution in [2.24, 2.45) is 0 Å². The number of aromatic nitrogens is 2. The van der Waals surface area contributed by atoms with E-state index in [1.165, 1.54) is 0 Å². The minimum Gasteiger partial charge on any atom is -0.427 e. The van der Waals surface area contributed by atoms with E-state index >= 15 is 0 Å². The molecule has 0 saturated carbocycles. The van der Waals surface area contributed by atoms with Crippen molar-refractivity contribution in [3.63, 3.8) is 0 Å². The Morgan fingerprint density at radius 3 is 2.83 bits per heavy atom. The fourth-order valence-electron chi connectivity index (χ4n) is 4.29. The van der Waals surface area contributed by atoms with Gasteiger partial charge >= 0.3 is 5.63 Å². The zero-order valence-electron chi connectivity index (χ0n) is 16.9. The molecule has 2 aliphatic rings. The minimum atomic E-state index is -0.529. The number of hydrogen-bond acceptors (Lipinski definition) is 6. The molecule has 8 nitrogen and oxygen atoms in total. The zero-order chi connectivity index (χ0) is 20.2. The van der Waals surface area contributed by atoms with E-state index in [-0.39, 0.29) is 23.4 Å². The fourth-order valence-corrected chi connectivity index (χ4v) is 4.29. The van der Waals surface area contributed by atoms with E-state index in [1.54, 1.807) is 6.20 Å². The lowest BCUT2D eigenvalue weighted by Gasteiger charge is -2.31. The third kappa shape index (κ3) is 4.76. The molecular weight excluding hydrogens is 370 g/mol. The highest BCUT2D eigenvalue weighted by Gasteiger charge is 2.26. The first-order valence-corrected chi connectivity index (χ1v) is 10.5. The van der Waals surface area contributed by atoms with Gasteiger partial charge in [-0.2, -0.15) is 0 Å². The van der Waals surface area contributed by atoms with Crippen LogP contribution in [0, 0.1) is 6.92 Å². The normalized spacial score (nSPS) is 21.2. The van der Waals surface area contributed by atoms with E-state index < -0.39 is 5.63 Å². The average molecular weight is 399 g/mol. The van der Waals surface area contributed by atoms with E-state index in [1.807, 2.05) is 19.2 Å². The molecule has 0 bridgehead atoms. The molecule has 4 heterocycles. The molecule has 29 heavy (non-hydrogen) atoms. The van der Waals surface area contributed by atoms with Crippen LogP contribution in [-0.2, 0) is 6.54 Å². The summed E-state index contributed by atoms with van der Waals surface area (Å²) in [6, 6.07) is 1.93. The van der Waals surface area contributed by atoms with Gasteiger partial charge in [-0.05, 0) is 50.8 Å². The van der Waals surface area contributed by atoms with Crippen LogP contribution in [0.3, 0.4) is 0 Å². The van der Waals surface area contributed by atoms with Gasteiger partial charge in [0.15, 0.2) is 0 Å². The van der Waals surface area contributed by atoms with Crippen molar-refractivity contribution >= 4 is 5.91 Å². The van der Waals surface area contributed by atoms with Crippen molar-refractivity contribution in [2.75, 3.05) is 26.2 Å². The Labute approximate surface area is 170 Å². The predicted octanol–water partition coefficient (Wildman–Crippen LogP) is 1.53. The second kappa shape index (κ2) is 8.92. The largest absolute Gasteiger partial charge is 0.427 e. The Bertz CT molecular complexity index is 878. The molecule has 1 amide bonds. The molecule has 0 aromatic carbocycles. The van der Waals surface area contributed by atoms with Crippen LogP contribution in [0.1, 0.15) is 59.1 Å². The number of hydrogen-bond donors (Lipinski definition) is 3. The van der Waals surface area contributed by atoms with E-state index in [4.69, 9.17) is 4.42 Å². The molecule has 2 aromatic heterocycles. The van der Waals surface area contributed by atoms with Crippen molar-refractivity contribution in [1.29, 1.82) is 0 Å². The summed E-state index contributed by atoms with van der Waals surface area (Å²) < 4.78 is 5.54. The molecule has 0 spiro atoms. The van der Waals surface area contributed by atoms with Crippen LogP contribution in [0.4, 0.5) is 0 Å². The van der Waals surface area contributed by atoms with Gasteiger partial charge in [0.2, 0.25) is 0 Å². The van der Waals surface area contributed by atoms with Crippen LogP contribution in [-0.4, -0.2) is 53.0 Å². The predicted molar refractivity (Wildman–Crippen MR) is 109 cm³/mol. The first-order valence-electron chi connectivity index (χ1n) is 10.5. The number of nitrogens with zero attached hydrogens (tertiary/aromatic N) is 2. The van der Waals surface area contributed by atoms with Crippen molar-refractivity contribution in [1.82, 2.24) is 25.5 Å². The Hall–Kier alpha value is -2.45. The quantitative estimate of drug-likeness (QED) is 0.705. The minimum absolute atomic E-state index is 0.0661. The number of imidazole rings is 1. The van der Waals surface area contributed by atoms with Crippen LogP contribution in [0.25, 0.3) is 0 Å². The molecule has 2 aliphatic heterocycles. The highest BCUT2D eigenvalue weighted by atomic mass is 16.4. The Kier molecular flexibility index (Phi) is 6.10. The molecular formula is C21H29N5O3. The highest BCUT2D eigenvalue weighted by Crippen LogP contribution is 2.23.